The molecule has 7 nitrogen and oxygen atoms in total. The van der Waals surface area contributed by atoms with Gasteiger partial charge in [-0.2, -0.15) is 4.31 Å². The number of nitrogens with zero attached hydrogens (tertiary/aromatic N) is 1. The lowest BCUT2D eigenvalue weighted by molar-refractivity contribution is 0.251. The summed E-state index contributed by atoms with van der Waals surface area (Å²) in [5.41, 5.74) is -1.03. The van der Waals surface area contributed by atoms with Gasteiger partial charge in [0, 0.05) is 18.2 Å². The van der Waals surface area contributed by atoms with Crippen molar-refractivity contribution in [3.63, 3.8) is 0 Å². The highest BCUT2D eigenvalue weighted by atomic mass is 32.2. The molecule has 9 heteroatoms. The summed E-state index contributed by atoms with van der Waals surface area (Å²) in [5.74, 6) is 0.344. The zero-order valence-corrected chi connectivity index (χ0v) is 16.2. The first-order valence-corrected chi connectivity index (χ1v) is 10.9. The third-order valence-electron chi connectivity index (χ3n) is 4.32. The van der Waals surface area contributed by atoms with Crippen molar-refractivity contribution in [1.29, 1.82) is 0 Å². The maximum Gasteiger partial charge on any atom is 0.247 e. The Morgan fingerprint density at radius 3 is 2.48 bits per heavy atom. The van der Waals surface area contributed by atoms with Crippen molar-refractivity contribution in [1.82, 2.24) is 4.31 Å². The summed E-state index contributed by atoms with van der Waals surface area (Å²) in [7, 11) is -4.45. The molecule has 0 unspecified atom stereocenters. The summed E-state index contributed by atoms with van der Waals surface area (Å²) < 4.78 is 61.9. The maximum absolute atomic E-state index is 13.3. The average molecular weight is 389 g/mol. The fourth-order valence-corrected chi connectivity index (χ4v) is 7.16. The molecule has 0 spiro atoms. The Labute approximate surface area is 149 Å². The molecule has 0 aromatic heterocycles. The van der Waals surface area contributed by atoms with E-state index in [2.05, 4.69) is 6.58 Å². The zero-order chi connectivity index (χ0) is 18.9. The molecule has 25 heavy (non-hydrogen) atoms. The Morgan fingerprint density at radius 2 is 2.00 bits per heavy atom. The van der Waals surface area contributed by atoms with Gasteiger partial charge in [-0.3, -0.25) is 0 Å². The summed E-state index contributed by atoms with van der Waals surface area (Å²) in [6.45, 7) is 5.26. The lowest BCUT2D eigenvalue weighted by Crippen LogP contribution is -2.50. The Hall–Kier alpha value is -1.58. The SMILES string of the molecule is C=CCN([C@@]1(C)CCS(=O)(=O)C1)S(=O)(=O)c1ccc(OC)cc1OC. The number of hydrogen-bond acceptors (Lipinski definition) is 6. The molecule has 1 aliphatic rings. The molecule has 1 aromatic rings. The number of sulfonamides is 1. The van der Waals surface area contributed by atoms with Gasteiger partial charge in [-0.1, -0.05) is 6.08 Å². The Kier molecular flexibility index (Phi) is 5.50. The van der Waals surface area contributed by atoms with Crippen LogP contribution in [-0.4, -0.2) is 58.9 Å². The smallest absolute Gasteiger partial charge is 0.247 e. The molecule has 1 saturated heterocycles. The Morgan fingerprint density at radius 1 is 1.32 bits per heavy atom. The van der Waals surface area contributed by atoms with Crippen molar-refractivity contribution in [2.24, 2.45) is 0 Å². The fourth-order valence-electron chi connectivity index (χ4n) is 3.02. The van der Waals surface area contributed by atoms with Crippen LogP contribution >= 0.6 is 0 Å². The van der Waals surface area contributed by atoms with Crippen LogP contribution < -0.4 is 9.47 Å². The van der Waals surface area contributed by atoms with Crippen LogP contribution in [0.3, 0.4) is 0 Å². The van der Waals surface area contributed by atoms with Gasteiger partial charge in [0.25, 0.3) is 0 Å². The molecule has 1 atom stereocenters. The largest absolute Gasteiger partial charge is 0.497 e. The maximum atomic E-state index is 13.3. The molecular weight excluding hydrogens is 366 g/mol. The third kappa shape index (κ3) is 3.83. The highest BCUT2D eigenvalue weighted by Crippen LogP contribution is 2.37. The molecule has 1 aromatic carbocycles. The minimum Gasteiger partial charge on any atom is -0.497 e. The van der Waals surface area contributed by atoms with E-state index >= 15 is 0 Å². The van der Waals surface area contributed by atoms with E-state index in [4.69, 9.17) is 9.47 Å². The molecular formula is C16H23NO6S2. The van der Waals surface area contributed by atoms with Gasteiger partial charge >= 0.3 is 0 Å². The van der Waals surface area contributed by atoms with Crippen LogP contribution in [0, 0.1) is 0 Å². The van der Waals surface area contributed by atoms with E-state index in [0.29, 0.717) is 5.75 Å². The second-order valence-electron chi connectivity index (χ2n) is 6.18. The average Bonchev–Trinajstić information content (AvgIpc) is 2.85. The van der Waals surface area contributed by atoms with Gasteiger partial charge in [-0.25, -0.2) is 16.8 Å². The number of hydrogen-bond donors (Lipinski definition) is 0. The predicted octanol–water partition coefficient (Wildman–Crippen LogP) is 1.46. The summed E-state index contributed by atoms with van der Waals surface area (Å²) in [4.78, 5) is -0.0387. The van der Waals surface area contributed by atoms with E-state index in [9.17, 15) is 16.8 Å². The Bertz CT molecular complexity index is 863. The molecule has 1 heterocycles. The van der Waals surface area contributed by atoms with Crippen LogP contribution in [0.25, 0.3) is 0 Å². The Balaban J connectivity index is 2.56. The van der Waals surface area contributed by atoms with Crippen LogP contribution in [0.4, 0.5) is 0 Å². The predicted molar refractivity (Wildman–Crippen MR) is 95.3 cm³/mol. The third-order valence-corrected chi connectivity index (χ3v) is 8.27. The first kappa shape index (κ1) is 19.7. The number of benzene rings is 1. The summed E-state index contributed by atoms with van der Waals surface area (Å²) in [6.07, 6.45) is 1.69. The summed E-state index contributed by atoms with van der Waals surface area (Å²) in [6, 6.07) is 4.40. The van der Waals surface area contributed by atoms with Gasteiger partial charge in [0.05, 0.1) is 25.7 Å². The van der Waals surface area contributed by atoms with Crippen molar-refractivity contribution in [3.8, 4) is 11.5 Å². The van der Waals surface area contributed by atoms with Gasteiger partial charge in [-0.05, 0) is 25.5 Å². The first-order valence-electron chi connectivity index (χ1n) is 7.66. The van der Waals surface area contributed by atoms with Crippen LogP contribution in [-0.2, 0) is 19.9 Å². The lowest BCUT2D eigenvalue weighted by Gasteiger charge is -2.36. The van der Waals surface area contributed by atoms with E-state index in [1.807, 2.05) is 0 Å². The van der Waals surface area contributed by atoms with E-state index in [-0.39, 0.29) is 35.1 Å². The summed E-state index contributed by atoms with van der Waals surface area (Å²) >= 11 is 0. The molecule has 0 N–H and O–H groups in total. The van der Waals surface area contributed by atoms with Gasteiger partial charge < -0.3 is 9.47 Å². The second-order valence-corrected chi connectivity index (χ2v) is 10.2. The lowest BCUT2D eigenvalue weighted by atomic mass is 10.0. The van der Waals surface area contributed by atoms with Crippen molar-refractivity contribution < 1.29 is 26.3 Å². The van der Waals surface area contributed by atoms with Gasteiger partial charge in [-0.15, -0.1) is 6.58 Å². The van der Waals surface area contributed by atoms with Crippen LogP contribution in [0.5, 0.6) is 11.5 Å². The quantitative estimate of drug-likeness (QED) is 0.656. The minimum absolute atomic E-state index is 0.00351. The van der Waals surface area contributed by atoms with Crippen LogP contribution in [0.2, 0.25) is 0 Å². The van der Waals surface area contributed by atoms with Gasteiger partial charge in [0.15, 0.2) is 9.84 Å². The molecule has 0 radical (unpaired) electrons. The molecule has 140 valence electrons. The number of methoxy groups -OCH3 is 2. The topological polar surface area (TPSA) is 90.0 Å². The molecule has 0 saturated carbocycles. The van der Waals surface area contributed by atoms with E-state index in [0.717, 1.165) is 0 Å². The van der Waals surface area contributed by atoms with E-state index < -0.39 is 25.4 Å². The van der Waals surface area contributed by atoms with E-state index in [1.54, 1.807) is 6.92 Å². The monoisotopic (exact) mass is 389 g/mol. The standard InChI is InChI=1S/C16H23NO6S2/c1-5-9-17(16(2)8-10-24(18,19)12-16)25(20,21)15-7-6-13(22-3)11-14(15)23-4/h5-7,11H,1,8-10,12H2,2-4H3/t16-/m0/s1. The molecule has 0 bridgehead atoms. The number of ether oxygens (including phenoxy) is 2. The highest BCUT2D eigenvalue weighted by Gasteiger charge is 2.48. The number of sulfone groups is 1. The molecule has 2 rings (SSSR count). The zero-order valence-electron chi connectivity index (χ0n) is 14.6. The minimum atomic E-state index is -4.01. The molecule has 0 aliphatic carbocycles. The van der Waals surface area contributed by atoms with Gasteiger partial charge in [0.2, 0.25) is 10.0 Å². The highest BCUT2D eigenvalue weighted by molar-refractivity contribution is 7.92. The number of rotatable bonds is 7. The van der Waals surface area contributed by atoms with Crippen molar-refractivity contribution in [2.75, 3.05) is 32.3 Å². The van der Waals surface area contributed by atoms with Crippen molar-refractivity contribution >= 4 is 19.9 Å². The fraction of sp³-hybridized carbons (Fsp3) is 0.500. The molecule has 0 amide bonds. The van der Waals surface area contributed by atoms with Gasteiger partial charge in [0.1, 0.15) is 16.4 Å². The van der Waals surface area contributed by atoms with Crippen LogP contribution in [0.15, 0.2) is 35.7 Å². The van der Waals surface area contributed by atoms with Crippen molar-refractivity contribution in [3.05, 3.63) is 30.9 Å². The van der Waals surface area contributed by atoms with Crippen LogP contribution in [0.1, 0.15) is 13.3 Å². The second kappa shape index (κ2) is 6.97. The first-order chi connectivity index (χ1) is 11.6. The van der Waals surface area contributed by atoms with Crippen molar-refractivity contribution in [2.45, 2.75) is 23.8 Å². The normalized spacial score (nSPS) is 22.7. The molecule has 1 aliphatic heterocycles. The van der Waals surface area contributed by atoms with E-state index in [1.165, 1.54) is 42.8 Å². The summed E-state index contributed by atoms with van der Waals surface area (Å²) in [5, 5.41) is 0. The molecule has 1 fully saturated rings.